The number of carbonyl (C=O) groups is 3. The molecule has 0 spiro atoms. The van der Waals surface area contributed by atoms with Gasteiger partial charge in [0.25, 0.3) is 5.91 Å². The van der Waals surface area contributed by atoms with E-state index in [4.69, 9.17) is 5.11 Å². The van der Waals surface area contributed by atoms with Crippen LogP contribution in [0.4, 0.5) is 23.7 Å². The van der Waals surface area contributed by atoms with Gasteiger partial charge in [0.15, 0.2) is 0 Å². The molecular weight excluding hydrogens is 543 g/mol. The maximum atomic E-state index is 13.4. The van der Waals surface area contributed by atoms with Crippen LogP contribution in [0, 0.1) is 6.92 Å². The predicted octanol–water partition coefficient (Wildman–Crippen LogP) is 4.74. The van der Waals surface area contributed by atoms with Gasteiger partial charge in [0.2, 0.25) is 0 Å². The van der Waals surface area contributed by atoms with Crippen molar-refractivity contribution in [1.29, 1.82) is 0 Å². The summed E-state index contributed by atoms with van der Waals surface area (Å²) in [5, 5.41) is 24.2. The molecule has 1 atom stereocenters. The quantitative estimate of drug-likeness (QED) is 0.248. The van der Waals surface area contributed by atoms with Gasteiger partial charge in [-0.05, 0) is 60.9 Å². The Labute approximate surface area is 234 Å². The average Bonchev–Trinajstić information content (AvgIpc) is 2.91. The van der Waals surface area contributed by atoms with Crippen molar-refractivity contribution < 1.29 is 42.5 Å². The van der Waals surface area contributed by atoms with Crippen molar-refractivity contribution in [3.63, 3.8) is 0 Å². The number of carboxylic acid groups (broad SMARTS) is 1. The summed E-state index contributed by atoms with van der Waals surface area (Å²) >= 11 is 0. The van der Waals surface area contributed by atoms with Gasteiger partial charge in [0, 0.05) is 24.3 Å². The standard InChI is InChI=1S/C29H30F3N3O6/c1-19-3-2-4-21(15-19)16-24(18-36)35(28(40)34-23-9-11-25(12-10-23)41-29(30,31)32)17-20-5-7-22(8-6-20)27(39)33-14-13-26(37)38/h2-12,15,24,36H,13-14,16-18H2,1H3,(H,33,39)(H,34,40)(H,37,38). The zero-order valence-corrected chi connectivity index (χ0v) is 22.1. The molecule has 0 saturated heterocycles. The van der Waals surface area contributed by atoms with Crippen molar-refractivity contribution in [2.24, 2.45) is 0 Å². The SMILES string of the molecule is Cc1cccc(CC(CO)N(Cc2ccc(C(=O)NCCC(=O)O)cc2)C(=O)Nc2ccc(OC(F)(F)F)cc2)c1. The second kappa shape index (κ2) is 14.2. The third-order valence-electron chi connectivity index (χ3n) is 6.00. The first-order valence-corrected chi connectivity index (χ1v) is 12.6. The molecule has 0 aliphatic carbocycles. The van der Waals surface area contributed by atoms with Crippen LogP contribution in [0.1, 0.15) is 33.5 Å². The number of carboxylic acids is 1. The molecule has 0 aliphatic heterocycles. The lowest BCUT2D eigenvalue weighted by Crippen LogP contribution is -2.45. The molecular formula is C29H30F3N3O6. The zero-order chi connectivity index (χ0) is 30.0. The average molecular weight is 574 g/mol. The Kier molecular flexibility index (Phi) is 10.7. The zero-order valence-electron chi connectivity index (χ0n) is 22.1. The maximum Gasteiger partial charge on any atom is 0.573 e. The third kappa shape index (κ3) is 10.2. The first-order valence-electron chi connectivity index (χ1n) is 12.6. The van der Waals surface area contributed by atoms with E-state index in [1.54, 1.807) is 12.1 Å². The van der Waals surface area contributed by atoms with E-state index in [9.17, 15) is 32.7 Å². The van der Waals surface area contributed by atoms with E-state index >= 15 is 0 Å². The van der Waals surface area contributed by atoms with Crippen LogP contribution in [0.5, 0.6) is 5.75 Å². The van der Waals surface area contributed by atoms with Crippen LogP contribution in [-0.2, 0) is 17.8 Å². The van der Waals surface area contributed by atoms with E-state index < -0.39 is 36.1 Å². The number of ether oxygens (including phenoxy) is 1. The second-order valence-corrected chi connectivity index (χ2v) is 9.26. The molecule has 0 aromatic heterocycles. The molecule has 0 heterocycles. The summed E-state index contributed by atoms with van der Waals surface area (Å²) in [6.45, 7) is 1.57. The fourth-order valence-electron chi connectivity index (χ4n) is 4.03. The molecule has 0 fully saturated rings. The highest BCUT2D eigenvalue weighted by molar-refractivity contribution is 5.94. The largest absolute Gasteiger partial charge is 0.573 e. The van der Waals surface area contributed by atoms with E-state index in [1.165, 1.54) is 29.2 Å². The summed E-state index contributed by atoms with van der Waals surface area (Å²) in [4.78, 5) is 37.8. The molecule has 3 amide bonds. The first-order chi connectivity index (χ1) is 19.4. The number of nitrogens with zero attached hydrogens (tertiary/aromatic N) is 1. The number of hydrogen-bond acceptors (Lipinski definition) is 5. The summed E-state index contributed by atoms with van der Waals surface area (Å²) in [7, 11) is 0. The van der Waals surface area contributed by atoms with Crippen molar-refractivity contribution in [3.05, 3.63) is 95.1 Å². The molecule has 0 aliphatic rings. The van der Waals surface area contributed by atoms with Crippen LogP contribution in [0.3, 0.4) is 0 Å². The van der Waals surface area contributed by atoms with Gasteiger partial charge in [-0.3, -0.25) is 9.59 Å². The molecule has 3 rings (SSSR count). The molecule has 0 radical (unpaired) electrons. The topological polar surface area (TPSA) is 128 Å². The first kappa shape index (κ1) is 31.0. The number of hydrogen-bond donors (Lipinski definition) is 4. The van der Waals surface area contributed by atoms with Gasteiger partial charge >= 0.3 is 18.4 Å². The van der Waals surface area contributed by atoms with E-state index in [-0.39, 0.29) is 31.8 Å². The fourth-order valence-corrected chi connectivity index (χ4v) is 4.03. The third-order valence-corrected chi connectivity index (χ3v) is 6.00. The van der Waals surface area contributed by atoms with Gasteiger partial charge in [-0.15, -0.1) is 13.2 Å². The van der Waals surface area contributed by atoms with Crippen LogP contribution in [0.15, 0.2) is 72.8 Å². The number of urea groups is 1. The molecule has 9 nitrogen and oxygen atoms in total. The Morgan fingerprint density at radius 2 is 1.66 bits per heavy atom. The predicted molar refractivity (Wildman–Crippen MR) is 144 cm³/mol. The summed E-state index contributed by atoms with van der Waals surface area (Å²) in [6, 6.07) is 17.4. The van der Waals surface area contributed by atoms with Crippen LogP contribution < -0.4 is 15.4 Å². The van der Waals surface area contributed by atoms with Crippen LogP contribution in [-0.4, -0.2) is 58.6 Å². The van der Waals surface area contributed by atoms with Crippen LogP contribution in [0.25, 0.3) is 0 Å². The molecule has 3 aromatic carbocycles. The van der Waals surface area contributed by atoms with Gasteiger partial charge in [0.1, 0.15) is 5.75 Å². The van der Waals surface area contributed by atoms with E-state index in [0.717, 1.165) is 23.3 Å². The van der Waals surface area contributed by atoms with Gasteiger partial charge < -0.3 is 30.5 Å². The highest BCUT2D eigenvalue weighted by atomic mass is 19.4. The minimum Gasteiger partial charge on any atom is -0.481 e. The Morgan fingerprint density at radius 1 is 0.976 bits per heavy atom. The highest BCUT2D eigenvalue weighted by Crippen LogP contribution is 2.24. The Balaban J connectivity index is 1.79. The smallest absolute Gasteiger partial charge is 0.481 e. The molecule has 3 aromatic rings. The minimum absolute atomic E-state index is 0.0235. The number of halogens is 3. The number of rotatable bonds is 12. The summed E-state index contributed by atoms with van der Waals surface area (Å²) in [5.74, 6) is -1.92. The van der Waals surface area contributed by atoms with Crippen LogP contribution >= 0.6 is 0 Å². The number of nitrogens with one attached hydrogen (secondary N) is 2. The number of carbonyl (C=O) groups excluding carboxylic acids is 2. The lowest BCUT2D eigenvalue weighted by molar-refractivity contribution is -0.274. The maximum absolute atomic E-state index is 13.4. The molecule has 4 N–H and O–H groups in total. The van der Waals surface area contributed by atoms with Crippen molar-refractivity contribution >= 4 is 23.6 Å². The van der Waals surface area contributed by atoms with E-state index in [2.05, 4.69) is 15.4 Å². The Bertz CT molecular complexity index is 1330. The van der Waals surface area contributed by atoms with Gasteiger partial charge in [0.05, 0.1) is 19.1 Å². The molecule has 218 valence electrons. The van der Waals surface area contributed by atoms with Gasteiger partial charge in [-0.2, -0.15) is 0 Å². The number of aliphatic hydroxyl groups excluding tert-OH is 1. The van der Waals surface area contributed by atoms with Crippen molar-refractivity contribution in [3.8, 4) is 5.75 Å². The normalized spacial score (nSPS) is 11.8. The highest BCUT2D eigenvalue weighted by Gasteiger charge is 2.31. The number of aryl methyl sites for hydroxylation is 1. The van der Waals surface area contributed by atoms with Crippen molar-refractivity contribution in [2.45, 2.75) is 38.7 Å². The number of amides is 3. The van der Waals surface area contributed by atoms with Crippen LogP contribution in [0.2, 0.25) is 0 Å². The van der Waals surface area contributed by atoms with Crippen molar-refractivity contribution in [2.75, 3.05) is 18.5 Å². The molecule has 0 saturated carbocycles. The lowest BCUT2D eigenvalue weighted by atomic mass is 10.0. The number of alkyl halides is 3. The second-order valence-electron chi connectivity index (χ2n) is 9.26. The van der Waals surface area contributed by atoms with E-state index in [1.807, 2.05) is 31.2 Å². The molecule has 12 heteroatoms. The number of benzene rings is 3. The minimum atomic E-state index is -4.85. The fraction of sp³-hybridized carbons (Fsp3) is 0.276. The number of aliphatic carboxylic acids is 1. The summed E-state index contributed by atoms with van der Waals surface area (Å²) < 4.78 is 41.3. The van der Waals surface area contributed by atoms with Crippen molar-refractivity contribution in [1.82, 2.24) is 10.2 Å². The number of anilines is 1. The summed E-state index contributed by atoms with van der Waals surface area (Å²) in [6.07, 6.45) is -4.73. The van der Waals surface area contributed by atoms with Gasteiger partial charge in [-0.25, -0.2) is 4.79 Å². The monoisotopic (exact) mass is 573 g/mol. The summed E-state index contributed by atoms with van der Waals surface area (Å²) in [5.41, 5.74) is 3.06. The van der Waals surface area contributed by atoms with E-state index in [0.29, 0.717) is 17.5 Å². The number of aliphatic hydroxyl groups is 1. The van der Waals surface area contributed by atoms with Gasteiger partial charge in [-0.1, -0.05) is 42.0 Å². The molecule has 41 heavy (non-hydrogen) atoms. The Morgan fingerprint density at radius 3 is 2.24 bits per heavy atom. The Hall–Kier alpha value is -4.58. The molecule has 1 unspecified atom stereocenters. The lowest BCUT2D eigenvalue weighted by Gasteiger charge is -2.31. The molecule has 0 bridgehead atoms.